The van der Waals surface area contributed by atoms with Gasteiger partial charge in [-0.05, 0) is 40.6 Å². The average Bonchev–Trinajstić information content (AvgIpc) is 3.22. The van der Waals surface area contributed by atoms with E-state index in [-0.39, 0.29) is 11.6 Å². The summed E-state index contributed by atoms with van der Waals surface area (Å²) in [5, 5.41) is 9.07. The molecule has 4 rings (SSSR count). The summed E-state index contributed by atoms with van der Waals surface area (Å²) in [4.78, 5) is 12.4. The van der Waals surface area contributed by atoms with Crippen molar-refractivity contribution in [2.75, 3.05) is 7.11 Å². The smallest absolute Gasteiger partial charge is 0.273 e. The van der Waals surface area contributed by atoms with E-state index < -0.39 is 0 Å². The third-order valence-corrected chi connectivity index (χ3v) is 4.44. The highest BCUT2D eigenvalue weighted by atomic mass is 16.5. The van der Waals surface area contributed by atoms with Gasteiger partial charge in [0.05, 0.1) is 7.11 Å². The van der Waals surface area contributed by atoms with Crippen molar-refractivity contribution in [2.24, 2.45) is 0 Å². The van der Waals surface area contributed by atoms with Crippen LogP contribution in [0.1, 0.15) is 16.1 Å². The largest absolute Gasteiger partial charge is 0.497 e. The Morgan fingerprint density at radius 2 is 1.81 bits per heavy atom. The Balaban J connectivity index is 1.48. The van der Waals surface area contributed by atoms with E-state index in [1.165, 1.54) is 0 Å². The highest BCUT2D eigenvalue weighted by Gasteiger charge is 2.14. The minimum Gasteiger partial charge on any atom is -0.497 e. The topological polar surface area (TPSA) is 64.4 Å². The predicted octanol–water partition coefficient (Wildman–Crippen LogP) is 4.43. The van der Waals surface area contributed by atoms with Crippen molar-refractivity contribution < 1.29 is 14.1 Å². The quantitative estimate of drug-likeness (QED) is 0.573. The molecular formula is C22H18N2O3. The van der Waals surface area contributed by atoms with Crippen LogP contribution in [0.3, 0.4) is 0 Å². The SMILES string of the molecule is COc1ccc(-c2cc(C(=O)NCc3cccc4ccccc34)no2)cc1. The van der Waals surface area contributed by atoms with Gasteiger partial charge in [-0.2, -0.15) is 0 Å². The van der Waals surface area contributed by atoms with Gasteiger partial charge in [0.1, 0.15) is 5.75 Å². The van der Waals surface area contributed by atoms with E-state index in [2.05, 4.69) is 28.7 Å². The van der Waals surface area contributed by atoms with E-state index >= 15 is 0 Å². The second-order valence-corrected chi connectivity index (χ2v) is 6.13. The third-order valence-electron chi connectivity index (χ3n) is 4.44. The van der Waals surface area contributed by atoms with Crippen LogP contribution < -0.4 is 10.1 Å². The molecule has 1 aromatic heterocycles. The molecule has 3 aromatic carbocycles. The van der Waals surface area contributed by atoms with Gasteiger partial charge in [0, 0.05) is 18.2 Å². The van der Waals surface area contributed by atoms with Gasteiger partial charge in [-0.15, -0.1) is 0 Å². The summed E-state index contributed by atoms with van der Waals surface area (Å²) in [5.74, 6) is 1.02. The fraction of sp³-hybridized carbons (Fsp3) is 0.0909. The number of hydrogen-bond donors (Lipinski definition) is 1. The lowest BCUT2D eigenvalue weighted by atomic mass is 10.0. The molecule has 27 heavy (non-hydrogen) atoms. The molecule has 4 aromatic rings. The van der Waals surface area contributed by atoms with E-state index in [1.807, 2.05) is 48.5 Å². The second kappa shape index (κ2) is 7.33. The van der Waals surface area contributed by atoms with Gasteiger partial charge in [-0.1, -0.05) is 47.6 Å². The standard InChI is InChI=1S/C22H18N2O3/c1-26-18-11-9-16(10-12-18)21-13-20(24-27-21)22(25)23-14-17-7-4-6-15-5-2-3-8-19(15)17/h2-13H,14H2,1H3,(H,23,25). The summed E-state index contributed by atoms with van der Waals surface area (Å²) in [6, 6.07) is 23.2. The Morgan fingerprint density at radius 1 is 1.04 bits per heavy atom. The molecule has 0 spiro atoms. The van der Waals surface area contributed by atoms with Crippen LogP contribution in [0.15, 0.2) is 77.3 Å². The maximum absolute atomic E-state index is 12.4. The van der Waals surface area contributed by atoms with Gasteiger partial charge >= 0.3 is 0 Å². The molecule has 0 bridgehead atoms. The third kappa shape index (κ3) is 3.53. The fourth-order valence-electron chi connectivity index (χ4n) is 2.99. The van der Waals surface area contributed by atoms with Gasteiger partial charge in [0.2, 0.25) is 0 Å². The summed E-state index contributed by atoms with van der Waals surface area (Å²) in [7, 11) is 1.61. The zero-order valence-corrected chi connectivity index (χ0v) is 14.8. The maximum atomic E-state index is 12.4. The molecule has 0 radical (unpaired) electrons. The van der Waals surface area contributed by atoms with Gasteiger partial charge < -0.3 is 14.6 Å². The van der Waals surface area contributed by atoms with E-state index in [4.69, 9.17) is 9.26 Å². The Kier molecular flexibility index (Phi) is 4.58. The number of carbonyl (C=O) groups is 1. The summed E-state index contributed by atoms with van der Waals surface area (Å²) >= 11 is 0. The lowest BCUT2D eigenvalue weighted by Crippen LogP contribution is -2.23. The normalized spacial score (nSPS) is 10.7. The number of hydrogen-bond acceptors (Lipinski definition) is 4. The molecule has 1 amide bonds. The molecule has 0 saturated heterocycles. The minimum atomic E-state index is -0.272. The van der Waals surface area contributed by atoms with Crippen LogP contribution in [-0.4, -0.2) is 18.2 Å². The van der Waals surface area contributed by atoms with Gasteiger partial charge in [-0.25, -0.2) is 0 Å². The van der Waals surface area contributed by atoms with Gasteiger partial charge in [0.25, 0.3) is 5.91 Å². The first-order valence-corrected chi connectivity index (χ1v) is 8.60. The van der Waals surface area contributed by atoms with Gasteiger partial charge in [0.15, 0.2) is 11.5 Å². The molecule has 5 heteroatoms. The number of methoxy groups -OCH3 is 1. The van der Waals surface area contributed by atoms with E-state index in [1.54, 1.807) is 13.2 Å². The molecule has 0 aliphatic carbocycles. The summed E-state index contributed by atoms with van der Waals surface area (Å²) in [6.07, 6.45) is 0. The minimum absolute atomic E-state index is 0.251. The molecule has 134 valence electrons. The fourth-order valence-corrected chi connectivity index (χ4v) is 2.99. The number of benzene rings is 3. The molecule has 0 fully saturated rings. The van der Waals surface area contributed by atoms with Crippen molar-refractivity contribution in [3.63, 3.8) is 0 Å². The predicted molar refractivity (Wildman–Crippen MR) is 104 cm³/mol. The number of rotatable bonds is 5. The molecule has 0 saturated carbocycles. The molecule has 0 unspecified atom stereocenters. The van der Waals surface area contributed by atoms with Crippen molar-refractivity contribution in [3.8, 4) is 17.1 Å². The second-order valence-electron chi connectivity index (χ2n) is 6.13. The van der Waals surface area contributed by atoms with Crippen molar-refractivity contribution in [1.29, 1.82) is 0 Å². The van der Waals surface area contributed by atoms with Crippen LogP contribution in [0.5, 0.6) is 5.75 Å². The maximum Gasteiger partial charge on any atom is 0.273 e. The monoisotopic (exact) mass is 358 g/mol. The molecule has 0 aliphatic rings. The highest BCUT2D eigenvalue weighted by Crippen LogP contribution is 2.23. The first kappa shape index (κ1) is 16.8. The summed E-state index contributed by atoms with van der Waals surface area (Å²) < 4.78 is 10.5. The Morgan fingerprint density at radius 3 is 2.63 bits per heavy atom. The lowest BCUT2D eigenvalue weighted by molar-refractivity contribution is 0.0942. The number of ether oxygens (including phenoxy) is 1. The zero-order valence-electron chi connectivity index (χ0n) is 14.8. The van der Waals surface area contributed by atoms with E-state index in [9.17, 15) is 4.79 Å². The molecule has 1 N–H and O–H groups in total. The Labute approximate surface area is 156 Å². The van der Waals surface area contributed by atoms with Crippen LogP contribution >= 0.6 is 0 Å². The molecule has 5 nitrogen and oxygen atoms in total. The Bertz CT molecular complexity index is 1080. The highest BCUT2D eigenvalue weighted by molar-refractivity contribution is 5.93. The first-order valence-electron chi connectivity index (χ1n) is 8.60. The number of nitrogens with one attached hydrogen (secondary N) is 1. The van der Waals surface area contributed by atoms with Crippen LogP contribution in [0, 0.1) is 0 Å². The van der Waals surface area contributed by atoms with Crippen LogP contribution in [-0.2, 0) is 6.54 Å². The first-order chi connectivity index (χ1) is 13.2. The molecule has 0 aliphatic heterocycles. The molecule has 0 atom stereocenters. The number of carbonyl (C=O) groups excluding carboxylic acids is 1. The summed E-state index contributed by atoms with van der Waals surface area (Å²) in [5.41, 5.74) is 2.14. The van der Waals surface area contributed by atoms with Crippen LogP contribution in [0.4, 0.5) is 0 Å². The van der Waals surface area contributed by atoms with Crippen LogP contribution in [0.25, 0.3) is 22.1 Å². The van der Waals surface area contributed by atoms with E-state index in [0.29, 0.717) is 12.3 Å². The number of amides is 1. The van der Waals surface area contributed by atoms with Crippen LogP contribution in [0.2, 0.25) is 0 Å². The lowest BCUT2D eigenvalue weighted by Gasteiger charge is -2.07. The molecule has 1 heterocycles. The summed E-state index contributed by atoms with van der Waals surface area (Å²) in [6.45, 7) is 0.422. The van der Waals surface area contributed by atoms with Gasteiger partial charge in [-0.3, -0.25) is 4.79 Å². The van der Waals surface area contributed by atoms with Crippen molar-refractivity contribution in [3.05, 3.63) is 84.1 Å². The van der Waals surface area contributed by atoms with Crippen molar-refractivity contribution in [2.45, 2.75) is 6.54 Å². The number of nitrogens with zero attached hydrogens (tertiary/aromatic N) is 1. The number of fused-ring (bicyclic) bond motifs is 1. The van der Waals surface area contributed by atoms with E-state index in [0.717, 1.165) is 27.6 Å². The number of aromatic nitrogens is 1. The van der Waals surface area contributed by atoms with Crippen molar-refractivity contribution in [1.82, 2.24) is 10.5 Å². The van der Waals surface area contributed by atoms with Crippen molar-refractivity contribution >= 4 is 16.7 Å². The Hall–Kier alpha value is -3.60. The average molecular weight is 358 g/mol. The zero-order chi connectivity index (χ0) is 18.6. The molecular weight excluding hydrogens is 340 g/mol.